The van der Waals surface area contributed by atoms with Crippen LogP contribution in [-0.2, 0) is 11.3 Å². The van der Waals surface area contributed by atoms with Crippen LogP contribution >= 0.6 is 0 Å². The van der Waals surface area contributed by atoms with Crippen LogP contribution in [0, 0.1) is 12.8 Å². The van der Waals surface area contributed by atoms with Crippen LogP contribution in [0.3, 0.4) is 0 Å². The Bertz CT molecular complexity index is 524. The van der Waals surface area contributed by atoms with Gasteiger partial charge in [0.15, 0.2) is 0 Å². The Morgan fingerprint density at radius 2 is 2.17 bits per heavy atom. The van der Waals surface area contributed by atoms with E-state index in [1.54, 1.807) is 6.92 Å². The van der Waals surface area contributed by atoms with Gasteiger partial charge in [-0.25, -0.2) is 4.79 Å². The molecule has 7 heteroatoms. The van der Waals surface area contributed by atoms with Crippen molar-refractivity contribution in [2.24, 2.45) is 5.92 Å². The molecule has 0 radical (unpaired) electrons. The number of alkyl carbamates (subject to hydrolysis) is 1. The summed E-state index contributed by atoms with van der Waals surface area (Å²) in [5.41, 5.74) is -0.483. The fourth-order valence-electron chi connectivity index (χ4n) is 2.94. The second-order valence-corrected chi connectivity index (χ2v) is 7.25. The molecule has 1 aliphatic rings. The Labute approximate surface area is 137 Å². The number of nitrogens with one attached hydrogen (secondary N) is 1. The van der Waals surface area contributed by atoms with Crippen LogP contribution in [0.25, 0.3) is 0 Å². The molecule has 1 aromatic rings. The first-order valence-electron chi connectivity index (χ1n) is 8.24. The van der Waals surface area contributed by atoms with Gasteiger partial charge in [0, 0.05) is 19.5 Å². The maximum atomic E-state index is 11.9. The molecular weight excluding hydrogens is 296 g/mol. The molecule has 1 amide bonds. The highest BCUT2D eigenvalue weighted by molar-refractivity contribution is 5.67. The number of amides is 1. The highest BCUT2D eigenvalue weighted by Crippen LogP contribution is 2.24. The Hall–Kier alpha value is -1.63. The zero-order valence-corrected chi connectivity index (χ0v) is 14.8. The van der Waals surface area contributed by atoms with E-state index in [1.807, 2.05) is 20.8 Å². The van der Waals surface area contributed by atoms with Crippen molar-refractivity contribution in [2.45, 2.75) is 65.6 Å². The number of nitrogens with zero attached hydrogens (tertiary/aromatic N) is 3. The van der Waals surface area contributed by atoms with Crippen LogP contribution in [0.1, 0.15) is 52.3 Å². The van der Waals surface area contributed by atoms with Crippen molar-refractivity contribution in [3.63, 3.8) is 0 Å². The molecule has 0 aromatic carbocycles. The lowest BCUT2D eigenvalue weighted by molar-refractivity contribution is 0.0446. The molecule has 2 heterocycles. The van der Waals surface area contributed by atoms with Gasteiger partial charge in [0.05, 0.1) is 6.54 Å². The van der Waals surface area contributed by atoms with Crippen LogP contribution in [0.5, 0.6) is 0 Å². The van der Waals surface area contributed by atoms with Gasteiger partial charge in [0.1, 0.15) is 5.60 Å². The highest BCUT2D eigenvalue weighted by atomic mass is 16.6. The largest absolute Gasteiger partial charge is 0.444 e. The van der Waals surface area contributed by atoms with Crippen molar-refractivity contribution >= 4 is 6.09 Å². The van der Waals surface area contributed by atoms with E-state index in [9.17, 15) is 4.79 Å². The molecule has 0 bridgehead atoms. The van der Waals surface area contributed by atoms with Crippen LogP contribution < -0.4 is 5.32 Å². The fraction of sp³-hybridized carbons (Fsp3) is 0.812. The molecule has 1 saturated heterocycles. The van der Waals surface area contributed by atoms with E-state index in [1.165, 1.54) is 0 Å². The van der Waals surface area contributed by atoms with Crippen LogP contribution in [0.2, 0.25) is 0 Å². The number of likely N-dealkylation sites (tertiary alicyclic amines) is 1. The number of aromatic nitrogens is 2. The molecule has 7 nitrogen and oxygen atoms in total. The highest BCUT2D eigenvalue weighted by Gasteiger charge is 2.30. The average Bonchev–Trinajstić information content (AvgIpc) is 2.81. The van der Waals surface area contributed by atoms with Crippen molar-refractivity contribution in [1.29, 1.82) is 0 Å². The third-order valence-electron chi connectivity index (χ3n) is 3.99. The van der Waals surface area contributed by atoms with Crippen LogP contribution in [-0.4, -0.2) is 45.9 Å². The van der Waals surface area contributed by atoms with Gasteiger partial charge in [-0.3, -0.25) is 4.90 Å². The SMILES string of the molecule is Cc1nnc(CN2CCCC(C)C2CNC(=O)OC(C)(C)C)o1. The van der Waals surface area contributed by atoms with E-state index in [0.717, 1.165) is 19.4 Å². The van der Waals surface area contributed by atoms with E-state index < -0.39 is 5.60 Å². The number of rotatable bonds is 4. The smallest absolute Gasteiger partial charge is 0.407 e. The van der Waals surface area contributed by atoms with Gasteiger partial charge < -0.3 is 14.5 Å². The predicted molar refractivity (Wildman–Crippen MR) is 85.9 cm³/mol. The number of hydrogen-bond acceptors (Lipinski definition) is 6. The quantitative estimate of drug-likeness (QED) is 0.916. The lowest BCUT2D eigenvalue weighted by atomic mass is 9.90. The third-order valence-corrected chi connectivity index (χ3v) is 3.99. The lowest BCUT2D eigenvalue weighted by Gasteiger charge is -2.39. The van der Waals surface area contributed by atoms with Gasteiger partial charge in [0.2, 0.25) is 11.8 Å². The second kappa shape index (κ2) is 7.29. The maximum Gasteiger partial charge on any atom is 0.407 e. The molecule has 1 aromatic heterocycles. The molecule has 0 saturated carbocycles. The van der Waals surface area contributed by atoms with Crippen LogP contribution in [0.4, 0.5) is 4.79 Å². The van der Waals surface area contributed by atoms with Gasteiger partial charge in [-0.15, -0.1) is 10.2 Å². The molecule has 2 rings (SSSR count). The van der Waals surface area contributed by atoms with Gasteiger partial charge >= 0.3 is 6.09 Å². The van der Waals surface area contributed by atoms with E-state index in [2.05, 4.69) is 27.3 Å². The van der Waals surface area contributed by atoms with Crippen LogP contribution in [0.15, 0.2) is 4.42 Å². The summed E-state index contributed by atoms with van der Waals surface area (Å²) in [4.78, 5) is 14.2. The summed E-state index contributed by atoms with van der Waals surface area (Å²) in [6.07, 6.45) is 1.92. The van der Waals surface area contributed by atoms with Gasteiger partial charge in [0.25, 0.3) is 0 Å². The molecule has 1 N–H and O–H groups in total. The summed E-state index contributed by atoms with van der Waals surface area (Å²) in [5.74, 6) is 1.69. The molecule has 23 heavy (non-hydrogen) atoms. The number of carbonyl (C=O) groups excluding carboxylic acids is 1. The molecule has 1 aliphatic heterocycles. The minimum absolute atomic E-state index is 0.239. The standard InChI is InChI=1S/C16H28N4O3/c1-11-7-6-8-20(10-14-19-18-12(2)22-14)13(11)9-17-15(21)23-16(3,4)5/h11,13H,6-10H2,1-5H3,(H,17,21). The zero-order chi connectivity index (χ0) is 17.0. The average molecular weight is 324 g/mol. The molecule has 2 unspecified atom stereocenters. The van der Waals surface area contributed by atoms with Crippen molar-refractivity contribution < 1.29 is 13.9 Å². The summed E-state index contributed by atoms with van der Waals surface area (Å²) < 4.78 is 10.8. The minimum Gasteiger partial charge on any atom is -0.444 e. The van der Waals surface area contributed by atoms with Gasteiger partial charge in [-0.1, -0.05) is 6.92 Å². The van der Waals surface area contributed by atoms with Crippen molar-refractivity contribution in [3.05, 3.63) is 11.8 Å². The summed E-state index contributed by atoms with van der Waals surface area (Å²) in [6, 6.07) is 0.239. The molecule has 0 aliphatic carbocycles. The monoisotopic (exact) mass is 324 g/mol. The van der Waals surface area contributed by atoms with Gasteiger partial charge in [-0.2, -0.15) is 0 Å². The third kappa shape index (κ3) is 5.49. The number of carbonyl (C=O) groups is 1. The van der Waals surface area contributed by atoms with Gasteiger partial charge in [-0.05, 0) is 46.1 Å². The number of ether oxygens (including phenoxy) is 1. The first kappa shape index (κ1) is 17.7. The van der Waals surface area contributed by atoms with Crippen molar-refractivity contribution in [3.8, 4) is 0 Å². The fourth-order valence-corrected chi connectivity index (χ4v) is 2.94. The molecule has 0 spiro atoms. The Kier molecular flexibility index (Phi) is 5.62. The molecular formula is C16H28N4O3. The molecule has 2 atom stereocenters. The summed E-state index contributed by atoms with van der Waals surface area (Å²) in [7, 11) is 0. The number of hydrogen-bond donors (Lipinski definition) is 1. The first-order chi connectivity index (χ1) is 10.7. The Morgan fingerprint density at radius 3 is 2.78 bits per heavy atom. The maximum absolute atomic E-state index is 11.9. The predicted octanol–water partition coefficient (Wildman–Crippen LogP) is 2.50. The summed E-state index contributed by atoms with van der Waals surface area (Å²) in [5, 5.41) is 10.8. The Balaban J connectivity index is 1.93. The molecule has 130 valence electrons. The van der Waals surface area contributed by atoms with E-state index in [0.29, 0.717) is 30.8 Å². The van der Waals surface area contributed by atoms with E-state index in [4.69, 9.17) is 9.15 Å². The van der Waals surface area contributed by atoms with Crippen molar-refractivity contribution in [2.75, 3.05) is 13.1 Å². The van der Waals surface area contributed by atoms with Crippen molar-refractivity contribution in [1.82, 2.24) is 20.4 Å². The second-order valence-electron chi connectivity index (χ2n) is 7.25. The zero-order valence-electron chi connectivity index (χ0n) is 14.8. The topological polar surface area (TPSA) is 80.5 Å². The summed E-state index contributed by atoms with van der Waals surface area (Å²) in [6.45, 7) is 11.7. The van der Waals surface area contributed by atoms with E-state index in [-0.39, 0.29) is 12.1 Å². The summed E-state index contributed by atoms with van der Waals surface area (Å²) >= 11 is 0. The first-order valence-corrected chi connectivity index (χ1v) is 8.24. The number of piperidine rings is 1. The van der Waals surface area contributed by atoms with E-state index >= 15 is 0 Å². The Morgan fingerprint density at radius 1 is 1.43 bits per heavy atom. The normalized spacial score (nSPS) is 22.8. The lowest BCUT2D eigenvalue weighted by Crippen LogP contribution is -2.50. The minimum atomic E-state index is -0.483. The molecule has 1 fully saturated rings. The number of aryl methyl sites for hydroxylation is 1.